The zero-order valence-corrected chi connectivity index (χ0v) is 19.9. The number of hydrogen-bond acceptors (Lipinski definition) is 6. The van der Waals surface area contributed by atoms with Gasteiger partial charge in [-0.3, -0.25) is 9.89 Å². The van der Waals surface area contributed by atoms with Crippen LogP contribution in [0.3, 0.4) is 0 Å². The molecule has 1 heterocycles. The first-order chi connectivity index (χ1) is 13.2. The number of carbonyl (C=O) groups excluding carboxylic acids is 1. The van der Waals surface area contributed by atoms with Crippen LogP contribution in [-0.2, 0) is 19.3 Å². The summed E-state index contributed by atoms with van der Waals surface area (Å²) in [6, 6.07) is -0.310. The third-order valence-electron chi connectivity index (χ3n) is 4.44. The Morgan fingerprint density at radius 3 is 2.38 bits per heavy atom. The van der Waals surface area contributed by atoms with E-state index in [0.29, 0.717) is 19.0 Å². The van der Waals surface area contributed by atoms with E-state index >= 15 is 0 Å². The second-order valence-corrected chi connectivity index (χ2v) is 11.0. The van der Waals surface area contributed by atoms with Crippen LogP contribution in [0.25, 0.3) is 0 Å². The number of hydrogen-bond donors (Lipinski definition) is 2. The number of carbonyl (C=O) groups is 1. The van der Waals surface area contributed by atoms with E-state index in [1.165, 1.54) is 0 Å². The van der Waals surface area contributed by atoms with Crippen LogP contribution >= 0.6 is 0 Å². The molecule has 170 valence electrons. The van der Waals surface area contributed by atoms with Crippen molar-refractivity contribution in [1.82, 2.24) is 15.5 Å². The molecule has 1 saturated heterocycles. The molecule has 10 heteroatoms. The molecule has 0 aromatic rings. The Balaban J connectivity index is 2.92. The van der Waals surface area contributed by atoms with Gasteiger partial charge in [-0.15, -0.1) is 0 Å². The Labute approximate surface area is 175 Å². The van der Waals surface area contributed by atoms with Gasteiger partial charge >= 0.3 is 6.09 Å². The molecule has 0 spiro atoms. The molecule has 2 N–H and O–H groups in total. The molecule has 0 radical (unpaired) electrons. The van der Waals surface area contributed by atoms with Crippen LogP contribution in [0.1, 0.15) is 55.4 Å². The van der Waals surface area contributed by atoms with Gasteiger partial charge in [0.15, 0.2) is 15.8 Å². The maximum Gasteiger partial charge on any atom is 0.412 e. The number of amides is 1. The van der Waals surface area contributed by atoms with Crippen molar-refractivity contribution in [3.8, 4) is 0 Å². The van der Waals surface area contributed by atoms with Crippen LogP contribution in [0, 0.1) is 0 Å². The lowest BCUT2D eigenvalue weighted by molar-refractivity contribution is -0.0755. The lowest BCUT2D eigenvalue weighted by Crippen LogP contribution is -2.51. The van der Waals surface area contributed by atoms with E-state index in [2.05, 4.69) is 15.6 Å². The summed E-state index contributed by atoms with van der Waals surface area (Å²) in [5.41, 5.74) is -1.43. The smallest absolute Gasteiger partial charge is 0.412 e. The number of aliphatic imine (C=N–C) groups is 1. The quantitative estimate of drug-likeness (QED) is 0.464. The van der Waals surface area contributed by atoms with Crippen molar-refractivity contribution in [3.05, 3.63) is 0 Å². The zero-order valence-electron chi connectivity index (χ0n) is 19.0. The largest absolute Gasteiger partial charge is 0.444 e. The van der Waals surface area contributed by atoms with Crippen LogP contribution in [0.15, 0.2) is 4.99 Å². The number of nitrogens with one attached hydrogen (secondary N) is 2. The van der Waals surface area contributed by atoms with Crippen LogP contribution in [0.5, 0.6) is 0 Å². The fraction of sp³-hybridized carbons (Fsp3) is 0.895. The van der Waals surface area contributed by atoms with Gasteiger partial charge in [0, 0.05) is 18.8 Å². The highest BCUT2D eigenvalue weighted by molar-refractivity contribution is 7.91. The van der Waals surface area contributed by atoms with Crippen molar-refractivity contribution in [2.24, 2.45) is 4.99 Å². The summed E-state index contributed by atoms with van der Waals surface area (Å²) in [5.74, 6) is 0.646. The van der Waals surface area contributed by atoms with Crippen molar-refractivity contribution in [1.29, 1.82) is 0 Å². The van der Waals surface area contributed by atoms with E-state index in [0.717, 1.165) is 0 Å². The van der Waals surface area contributed by atoms with Gasteiger partial charge in [-0.25, -0.2) is 13.2 Å². The standard InChI is InChI=1S/C19H38N4O5S/c1-9-20-16(21-11-12-29(25,26)10-2)22-13-15-14(3)27-19(7,8)23(15)17(24)28-18(4,5)6/h14-15H,9-13H2,1-8H3,(H2,20,21,22). The average Bonchev–Trinajstić information content (AvgIpc) is 2.79. The molecule has 0 bridgehead atoms. The van der Waals surface area contributed by atoms with Gasteiger partial charge in [-0.1, -0.05) is 6.92 Å². The minimum atomic E-state index is -3.06. The topological polar surface area (TPSA) is 109 Å². The first-order valence-electron chi connectivity index (χ1n) is 10.1. The van der Waals surface area contributed by atoms with Gasteiger partial charge in [-0.05, 0) is 48.5 Å². The summed E-state index contributed by atoms with van der Waals surface area (Å²) in [6.07, 6.45) is -0.677. The SMILES string of the molecule is CCNC(=NCC1C(C)OC(C)(C)N1C(=O)OC(C)(C)C)NCCS(=O)(=O)CC. The summed E-state index contributed by atoms with van der Waals surface area (Å²) in [5, 5.41) is 6.13. The molecular formula is C19H38N4O5S. The van der Waals surface area contributed by atoms with Crippen molar-refractivity contribution >= 4 is 21.9 Å². The molecule has 0 aromatic carbocycles. The Bertz CT molecular complexity index is 685. The van der Waals surface area contributed by atoms with E-state index in [9.17, 15) is 13.2 Å². The monoisotopic (exact) mass is 434 g/mol. The second-order valence-electron chi connectivity index (χ2n) is 8.57. The Hall–Kier alpha value is -1.55. The normalized spacial score (nSPS) is 22.5. The minimum absolute atomic E-state index is 0.0356. The van der Waals surface area contributed by atoms with Crippen LogP contribution in [-0.4, -0.2) is 80.0 Å². The number of guanidine groups is 1. The highest BCUT2D eigenvalue weighted by Gasteiger charge is 2.49. The molecule has 1 rings (SSSR count). The summed E-state index contributed by atoms with van der Waals surface area (Å²) in [7, 11) is -3.06. The number of rotatable bonds is 7. The minimum Gasteiger partial charge on any atom is -0.444 e. The summed E-state index contributed by atoms with van der Waals surface area (Å²) in [4.78, 5) is 18.9. The lowest BCUT2D eigenvalue weighted by Gasteiger charge is -2.34. The second kappa shape index (κ2) is 9.97. The van der Waals surface area contributed by atoms with Gasteiger partial charge < -0.3 is 20.1 Å². The Kier molecular flexibility index (Phi) is 8.76. The lowest BCUT2D eigenvalue weighted by atomic mass is 10.1. The van der Waals surface area contributed by atoms with Crippen molar-refractivity contribution < 1.29 is 22.7 Å². The van der Waals surface area contributed by atoms with Gasteiger partial charge in [0.05, 0.1) is 24.4 Å². The molecule has 2 atom stereocenters. The highest BCUT2D eigenvalue weighted by atomic mass is 32.2. The van der Waals surface area contributed by atoms with Crippen molar-refractivity contribution in [2.75, 3.05) is 31.1 Å². The molecule has 2 unspecified atom stereocenters. The van der Waals surface area contributed by atoms with Gasteiger partial charge in [0.25, 0.3) is 0 Å². The maximum absolute atomic E-state index is 12.8. The Morgan fingerprint density at radius 2 is 1.86 bits per heavy atom. The van der Waals surface area contributed by atoms with Crippen LogP contribution in [0.2, 0.25) is 0 Å². The van der Waals surface area contributed by atoms with E-state index in [4.69, 9.17) is 9.47 Å². The fourth-order valence-corrected chi connectivity index (χ4v) is 3.79. The predicted octanol–water partition coefficient (Wildman–Crippen LogP) is 1.74. The first-order valence-corrected chi connectivity index (χ1v) is 12.0. The van der Waals surface area contributed by atoms with Crippen molar-refractivity contribution in [2.45, 2.75) is 78.9 Å². The molecule has 1 amide bonds. The fourth-order valence-electron chi connectivity index (χ4n) is 3.09. The van der Waals surface area contributed by atoms with E-state index in [1.54, 1.807) is 11.8 Å². The van der Waals surface area contributed by atoms with E-state index < -0.39 is 27.3 Å². The molecule has 1 fully saturated rings. The summed E-state index contributed by atoms with van der Waals surface area (Å²) in [6.45, 7) is 15.8. The first kappa shape index (κ1) is 25.5. The molecule has 29 heavy (non-hydrogen) atoms. The molecule has 9 nitrogen and oxygen atoms in total. The zero-order chi connectivity index (χ0) is 22.5. The third kappa shape index (κ3) is 8.00. The Morgan fingerprint density at radius 1 is 1.24 bits per heavy atom. The maximum atomic E-state index is 12.8. The molecule has 1 aliphatic rings. The van der Waals surface area contributed by atoms with E-state index in [1.807, 2.05) is 48.5 Å². The third-order valence-corrected chi connectivity index (χ3v) is 6.15. The average molecular weight is 435 g/mol. The molecule has 0 aliphatic carbocycles. The van der Waals surface area contributed by atoms with E-state index in [-0.39, 0.29) is 30.2 Å². The number of sulfone groups is 1. The predicted molar refractivity (Wildman–Crippen MR) is 115 cm³/mol. The molecular weight excluding hydrogens is 396 g/mol. The van der Waals surface area contributed by atoms with Gasteiger partial charge in [0.2, 0.25) is 0 Å². The van der Waals surface area contributed by atoms with Crippen molar-refractivity contribution in [3.63, 3.8) is 0 Å². The van der Waals surface area contributed by atoms with Gasteiger partial charge in [0.1, 0.15) is 11.3 Å². The van der Waals surface area contributed by atoms with Crippen LogP contribution in [0.4, 0.5) is 4.79 Å². The summed E-state index contributed by atoms with van der Waals surface area (Å²) >= 11 is 0. The van der Waals surface area contributed by atoms with Crippen LogP contribution < -0.4 is 10.6 Å². The summed E-state index contributed by atoms with van der Waals surface area (Å²) < 4.78 is 34.9. The highest BCUT2D eigenvalue weighted by Crippen LogP contribution is 2.33. The number of ether oxygens (including phenoxy) is 2. The van der Waals surface area contributed by atoms with Gasteiger partial charge in [-0.2, -0.15) is 0 Å². The molecule has 1 aliphatic heterocycles. The number of nitrogens with zero attached hydrogens (tertiary/aromatic N) is 2. The molecule has 0 saturated carbocycles. The molecule has 0 aromatic heterocycles.